The predicted molar refractivity (Wildman–Crippen MR) is 56.2 cm³/mol. The van der Waals surface area contributed by atoms with Crippen molar-refractivity contribution >= 4 is 31.9 Å². The molecule has 0 atom stereocenters. The first-order valence-corrected chi connectivity index (χ1v) is 5.38. The van der Waals surface area contributed by atoms with Gasteiger partial charge in [0.25, 0.3) is 0 Å². The molecule has 60 valence electrons. The highest BCUT2D eigenvalue weighted by Crippen LogP contribution is 2.24. The molecule has 0 spiro atoms. The van der Waals surface area contributed by atoms with Crippen LogP contribution in [0, 0.1) is 13.8 Å². The number of hydrogen-bond donors (Lipinski definition) is 0. The van der Waals surface area contributed by atoms with Crippen molar-refractivity contribution in [3.05, 3.63) is 33.3 Å². The fourth-order valence-corrected chi connectivity index (χ4v) is 3.05. The summed E-state index contributed by atoms with van der Waals surface area (Å²) in [6, 6.07) is 4.34. The van der Waals surface area contributed by atoms with E-state index < -0.39 is 0 Å². The van der Waals surface area contributed by atoms with Crippen LogP contribution in [0.3, 0.4) is 0 Å². The lowest BCUT2D eigenvalue weighted by molar-refractivity contribution is 1.26. The van der Waals surface area contributed by atoms with Gasteiger partial charge in [-0.2, -0.15) is 0 Å². The summed E-state index contributed by atoms with van der Waals surface area (Å²) < 4.78 is 1.20. The molecule has 1 rings (SSSR count). The van der Waals surface area contributed by atoms with Crippen LogP contribution in [0.25, 0.3) is 0 Å². The summed E-state index contributed by atoms with van der Waals surface area (Å²) in [5.74, 6) is 0. The lowest BCUT2D eigenvalue weighted by atomic mass is 10.1. The highest BCUT2D eigenvalue weighted by atomic mass is 79.9. The summed E-state index contributed by atoms with van der Waals surface area (Å²) in [6.45, 7) is 4.24. The lowest BCUT2D eigenvalue weighted by Gasteiger charge is -2.05. The van der Waals surface area contributed by atoms with Crippen LogP contribution < -0.4 is 0 Å². The highest BCUT2D eigenvalue weighted by molar-refractivity contribution is 9.10. The summed E-state index contributed by atoms with van der Waals surface area (Å²) in [7, 11) is 0. The Kier molecular flexibility index (Phi) is 3.14. The van der Waals surface area contributed by atoms with Gasteiger partial charge in [0.2, 0.25) is 0 Å². The first-order chi connectivity index (χ1) is 5.15. The summed E-state index contributed by atoms with van der Waals surface area (Å²) in [4.78, 5) is 0. The normalized spacial score (nSPS) is 10.2. The predicted octanol–water partition coefficient (Wildman–Crippen LogP) is 3.96. The van der Waals surface area contributed by atoms with Crippen molar-refractivity contribution in [3.63, 3.8) is 0 Å². The van der Waals surface area contributed by atoms with E-state index in [9.17, 15) is 0 Å². The summed E-state index contributed by atoms with van der Waals surface area (Å²) in [6.07, 6.45) is 0. The smallest absolute Gasteiger partial charge is 0.0296 e. The van der Waals surface area contributed by atoms with Gasteiger partial charge >= 0.3 is 0 Å². The Morgan fingerprint density at radius 1 is 1.27 bits per heavy atom. The second kappa shape index (κ2) is 3.72. The molecule has 2 heteroatoms. The van der Waals surface area contributed by atoms with Crippen molar-refractivity contribution in [2.75, 3.05) is 0 Å². The van der Waals surface area contributed by atoms with Crippen LogP contribution in [-0.4, -0.2) is 0 Å². The average Bonchev–Trinajstić information content (AvgIpc) is 1.85. The summed E-state index contributed by atoms with van der Waals surface area (Å²) in [5, 5.41) is 0.916. The van der Waals surface area contributed by atoms with Crippen molar-refractivity contribution in [3.8, 4) is 0 Å². The van der Waals surface area contributed by atoms with Gasteiger partial charge in [-0.05, 0) is 36.6 Å². The number of alkyl halides is 1. The number of benzene rings is 1. The zero-order valence-electron chi connectivity index (χ0n) is 6.62. The number of hydrogen-bond acceptors (Lipinski definition) is 0. The maximum absolute atomic E-state index is 3.53. The van der Waals surface area contributed by atoms with E-state index in [0.717, 1.165) is 5.33 Å². The molecule has 0 aliphatic carbocycles. The Morgan fingerprint density at radius 2 is 1.91 bits per heavy atom. The third-order valence-corrected chi connectivity index (χ3v) is 2.96. The third-order valence-electron chi connectivity index (χ3n) is 1.70. The van der Waals surface area contributed by atoms with E-state index in [-0.39, 0.29) is 0 Å². The van der Waals surface area contributed by atoms with E-state index in [2.05, 4.69) is 57.8 Å². The van der Waals surface area contributed by atoms with Gasteiger partial charge in [-0.3, -0.25) is 0 Å². The van der Waals surface area contributed by atoms with Crippen LogP contribution >= 0.6 is 31.9 Å². The lowest BCUT2D eigenvalue weighted by Crippen LogP contribution is -1.87. The minimum atomic E-state index is 0.916. The minimum absolute atomic E-state index is 0.916. The van der Waals surface area contributed by atoms with Crippen LogP contribution in [0.2, 0.25) is 0 Å². The van der Waals surface area contributed by atoms with E-state index in [4.69, 9.17) is 0 Å². The van der Waals surface area contributed by atoms with Crippen LogP contribution in [0.5, 0.6) is 0 Å². The molecule has 0 aliphatic rings. The van der Waals surface area contributed by atoms with Crippen LogP contribution in [-0.2, 0) is 5.33 Å². The van der Waals surface area contributed by atoms with Gasteiger partial charge in [0, 0.05) is 9.80 Å². The molecular weight excluding hydrogens is 268 g/mol. The van der Waals surface area contributed by atoms with Crippen molar-refractivity contribution in [1.29, 1.82) is 0 Å². The van der Waals surface area contributed by atoms with E-state index in [1.54, 1.807) is 0 Å². The molecule has 0 N–H and O–H groups in total. The van der Waals surface area contributed by atoms with Crippen LogP contribution in [0.15, 0.2) is 16.6 Å². The Labute approximate surface area is 84.3 Å². The topological polar surface area (TPSA) is 0 Å². The fourth-order valence-electron chi connectivity index (χ4n) is 1.11. The molecule has 0 amide bonds. The van der Waals surface area contributed by atoms with Gasteiger partial charge < -0.3 is 0 Å². The molecule has 0 saturated carbocycles. The maximum Gasteiger partial charge on any atom is 0.0296 e. The first-order valence-electron chi connectivity index (χ1n) is 3.46. The largest absolute Gasteiger partial charge is 0.0876 e. The molecule has 0 aliphatic heterocycles. The minimum Gasteiger partial charge on any atom is -0.0876 e. The first kappa shape index (κ1) is 9.27. The van der Waals surface area contributed by atoms with Gasteiger partial charge in [0.1, 0.15) is 0 Å². The number of aryl methyl sites for hydroxylation is 2. The molecule has 0 fully saturated rings. The number of halogens is 2. The molecule has 0 nitrogen and oxygen atoms in total. The van der Waals surface area contributed by atoms with Gasteiger partial charge in [-0.25, -0.2) is 0 Å². The summed E-state index contributed by atoms with van der Waals surface area (Å²) >= 11 is 6.98. The molecule has 1 aromatic carbocycles. The molecule has 0 unspecified atom stereocenters. The molecule has 0 heterocycles. The third kappa shape index (κ3) is 2.06. The molecule has 1 aromatic rings. The van der Waals surface area contributed by atoms with E-state index in [0.29, 0.717) is 0 Å². The molecular formula is C9H10Br2. The van der Waals surface area contributed by atoms with Crippen molar-refractivity contribution in [2.45, 2.75) is 19.2 Å². The van der Waals surface area contributed by atoms with Gasteiger partial charge in [-0.1, -0.05) is 37.9 Å². The molecule has 0 radical (unpaired) electrons. The van der Waals surface area contributed by atoms with Gasteiger partial charge in [0.15, 0.2) is 0 Å². The van der Waals surface area contributed by atoms with Gasteiger partial charge in [-0.15, -0.1) is 0 Å². The molecule has 0 saturated heterocycles. The maximum atomic E-state index is 3.53. The SMILES string of the molecule is Cc1cc(C)c(CBr)c(Br)c1. The molecule has 0 aromatic heterocycles. The van der Waals surface area contributed by atoms with Crippen molar-refractivity contribution < 1.29 is 0 Å². The second-order valence-corrected chi connectivity index (χ2v) is 4.09. The summed E-state index contributed by atoms with van der Waals surface area (Å²) in [5.41, 5.74) is 3.99. The van der Waals surface area contributed by atoms with E-state index in [1.807, 2.05) is 0 Å². The highest BCUT2D eigenvalue weighted by Gasteiger charge is 2.01. The number of rotatable bonds is 1. The molecule has 11 heavy (non-hydrogen) atoms. The van der Waals surface area contributed by atoms with Crippen molar-refractivity contribution in [1.82, 2.24) is 0 Å². The zero-order valence-corrected chi connectivity index (χ0v) is 9.79. The Morgan fingerprint density at radius 3 is 2.36 bits per heavy atom. The standard InChI is InChI=1S/C9H10Br2/c1-6-3-7(2)8(5-10)9(11)4-6/h3-4H,5H2,1-2H3. The monoisotopic (exact) mass is 276 g/mol. The van der Waals surface area contributed by atoms with E-state index in [1.165, 1.54) is 21.2 Å². The van der Waals surface area contributed by atoms with Crippen LogP contribution in [0.1, 0.15) is 16.7 Å². The van der Waals surface area contributed by atoms with E-state index >= 15 is 0 Å². The Hall–Kier alpha value is 0.180. The fraction of sp³-hybridized carbons (Fsp3) is 0.333. The van der Waals surface area contributed by atoms with Crippen LogP contribution in [0.4, 0.5) is 0 Å². The molecule has 0 bridgehead atoms. The second-order valence-electron chi connectivity index (χ2n) is 2.68. The Bertz CT molecular complexity index is 243. The average molecular weight is 278 g/mol. The zero-order chi connectivity index (χ0) is 8.43. The Balaban J connectivity index is 3.25. The van der Waals surface area contributed by atoms with Gasteiger partial charge in [0.05, 0.1) is 0 Å². The quantitative estimate of drug-likeness (QED) is 0.682. The van der Waals surface area contributed by atoms with Crippen molar-refractivity contribution in [2.24, 2.45) is 0 Å².